The number of nitrogens with one attached hydrogen (secondary N) is 1. The molecule has 0 radical (unpaired) electrons. The van der Waals surface area contributed by atoms with Gasteiger partial charge in [-0.2, -0.15) is 11.8 Å². The first-order valence-corrected chi connectivity index (χ1v) is 8.42. The standard InChI is InChI=1S/C13H16BrFN2O2S/c1-20-13(4-2-3-5-13)8-16-11-7-10(15)9(14)6-12(11)17(18)19/h6-7,16H,2-5,8H2,1H3. The van der Waals surface area contributed by atoms with E-state index in [1.54, 1.807) is 11.8 Å². The summed E-state index contributed by atoms with van der Waals surface area (Å²) in [6.45, 7) is 0.621. The van der Waals surface area contributed by atoms with Crippen molar-refractivity contribution in [1.29, 1.82) is 0 Å². The Labute approximate surface area is 129 Å². The van der Waals surface area contributed by atoms with Gasteiger partial charge in [-0.05, 0) is 35.0 Å². The SMILES string of the molecule is CSC1(CNc2cc(F)c(Br)cc2[N+](=O)[O-])CCCC1. The number of nitro benzene ring substituents is 1. The van der Waals surface area contributed by atoms with Crippen molar-refractivity contribution in [2.24, 2.45) is 0 Å². The Bertz CT molecular complexity index is 521. The van der Waals surface area contributed by atoms with E-state index in [0.717, 1.165) is 12.8 Å². The Morgan fingerprint density at radius 1 is 1.50 bits per heavy atom. The fourth-order valence-corrected chi connectivity index (χ4v) is 3.80. The minimum absolute atomic E-state index is 0.104. The van der Waals surface area contributed by atoms with E-state index in [2.05, 4.69) is 27.5 Å². The summed E-state index contributed by atoms with van der Waals surface area (Å²) in [5, 5.41) is 14.1. The molecule has 0 bridgehead atoms. The number of nitro groups is 1. The van der Waals surface area contributed by atoms with E-state index >= 15 is 0 Å². The van der Waals surface area contributed by atoms with Crippen molar-refractivity contribution in [1.82, 2.24) is 0 Å². The molecule has 0 saturated heterocycles. The first-order chi connectivity index (χ1) is 9.47. The Morgan fingerprint density at radius 2 is 2.15 bits per heavy atom. The molecule has 1 aromatic carbocycles. The predicted octanol–water partition coefficient (Wildman–Crippen LogP) is 4.58. The van der Waals surface area contributed by atoms with Crippen LogP contribution in [0.25, 0.3) is 0 Å². The average molecular weight is 363 g/mol. The molecule has 0 atom stereocenters. The third kappa shape index (κ3) is 3.25. The largest absolute Gasteiger partial charge is 0.378 e. The van der Waals surface area contributed by atoms with E-state index < -0.39 is 10.7 Å². The number of hydrogen-bond donors (Lipinski definition) is 1. The van der Waals surface area contributed by atoms with E-state index in [1.165, 1.54) is 25.0 Å². The van der Waals surface area contributed by atoms with Crippen molar-refractivity contribution in [3.05, 3.63) is 32.5 Å². The Hall–Kier alpha value is -0.820. The zero-order chi connectivity index (χ0) is 14.8. The molecular weight excluding hydrogens is 347 g/mol. The maximum atomic E-state index is 13.6. The van der Waals surface area contributed by atoms with Crippen LogP contribution in [0.4, 0.5) is 15.8 Å². The molecule has 4 nitrogen and oxygen atoms in total. The third-order valence-electron chi connectivity index (χ3n) is 3.78. The molecule has 20 heavy (non-hydrogen) atoms. The van der Waals surface area contributed by atoms with Gasteiger partial charge in [0.15, 0.2) is 0 Å². The normalized spacial score (nSPS) is 17.1. The van der Waals surface area contributed by atoms with Crippen LogP contribution in [0.3, 0.4) is 0 Å². The van der Waals surface area contributed by atoms with Crippen LogP contribution in [0.2, 0.25) is 0 Å². The second kappa shape index (κ2) is 6.30. The fourth-order valence-electron chi connectivity index (χ4n) is 2.56. The summed E-state index contributed by atoms with van der Waals surface area (Å²) >= 11 is 4.76. The van der Waals surface area contributed by atoms with Gasteiger partial charge in [-0.25, -0.2) is 4.39 Å². The molecule has 2 rings (SSSR count). The summed E-state index contributed by atoms with van der Waals surface area (Å²) in [7, 11) is 0. The second-order valence-corrected chi connectivity index (χ2v) is 7.12. The maximum absolute atomic E-state index is 13.6. The molecule has 0 spiro atoms. The molecule has 0 aliphatic heterocycles. The summed E-state index contributed by atoms with van der Waals surface area (Å²) < 4.78 is 13.8. The molecular formula is C13H16BrFN2O2S. The van der Waals surface area contributed by atoms with E-state index in [-0.39, 0.29) is 20.6 Å². The first-order valence-electron chi connectivity index (χ1n) is 6.40. The molecule has 7 heteroatoms. The zero-order valence-electron chi connectivity index (χ0n) is 11.1. The minimum Gasteiger partial charge on any atom is -0.378 e. The molecule has 0 heterocycles. The molecule has 1 saturated carbocycles. The average Bonchev–Trinajstić information content (AvgIpc) is 2.89. The van der Waals surface area contributed by atoms with Gasteiger partial charge >= 0.3 is 0 Å². The molecule has 1 N–H and O–H groups in total. The van der Waals surface area contributed by atoms with E-state index in [9.17, 15) is 14.5 Å². The maximum Gasteiger partial charge on any atom is 0.293 e. The number of rotatable bonds is 5. The Kier molecular flexibility index (Phi) is 4.90. The highest BCUT2D eigenvalue weighted by molar-refractivity contribution is 9.10. The van der Waals surface area contributed by atoms with Gasteiger partial charge in [0.2, 0.25) is 0 Å². The smallest absolute Gasteiger partial charge is 0.293 e. The monoisotopic (exact) mass is 362 g/mol. The summed E-state index contributed by atoms with van der Waals surface area (Å²) in [5.41, 5.74) is 0.142. The summed E-state index contributed by atoms with van der Waals surface area (Å²) in [5.74, 6) is -0.497. The van der Waals surface area contributed by atoms with Gasteiger partial charge < -0.3 is 5.32 Å². The highest BCUT2D eigenvalue weighted by Crippen LogP contribution is 2.41. The lowest BCUT2D eigenvalue weighted by molar-refractivity contribution is -0.384. The van der Waals surface area contributed by atoms with Gasteiger partial charge in [-0.1, -0.05) is 12.8 Å². The molecule has 0 aromatic heterocycles. The molecule has 1 aliphatic carbocycles. The topological polar surface area (TPSA) is 55.2 Å². The lowest BCUT2D eigenvalue weighted by atomic mass is 10.1. The van der Waals surface area contributed by atoms with Gasteiger partial charge in [0.1, 0.15) is 11.5 Å². The van der Waals surface area contributed by atoms with Gasteiger partial charge in [0, 0.05) is 23.4 Å². The Balaban J connectivity index is 2.20. The number of benzene rings is 1. The van der Waals surface area contributed by atoms with Crippen molar-refractivity contribution >= 4 is 39.1 Å². The number of nitrogens with zero attached hydrogens (tertiary/aromatic N) is 1. The Morgan fingerprint density at radius 3 is 2.70 bits per heavy atom. The third-order valence-corrected chi connectivity index (χ3v) is 5.81. The predicted molar refractivity (Wildman–Crippen MR) is 84.0 cm³/mol. The van der Waals surface area contributed by atoms with Gasteiger partial charge in [-0.3, -0.25) is 10.1 Å². The summed E-state index contributed by atoms with van der Waals surface area (Å²) in [4.78, 5) is 10.6. The number of hydrogen-bond acceptors (Lipinski definition) is 4. The van der Waals surface area contributed by atoms with Gasteiger partial charge in [0.05, 0.1) is 9.40 Å². The summed E-state index contributed by atoms with van der Waals surface area (Å²) in [6, 6.07) is 2.39. The highest BCUT2D eigenvalue weighted by Gasteiger charge is 2.33. The quantitative estimate of drug-likeness (QED) is 0.614. The van der Waals surface area contributed by atoms with Crippen LogP contribution in [-0.2, 0) is 0 Å². The van der Waals surface area contributed by atoms with Gasteiger partial charge in [-0.15, -0.1) is 0 Å². The van der Waals surface area contributed by atoms with Crippen molar-refractivity contribution in [3.63, 3.8) is 0 Å². The van der Waals surface area contributed by atoms with Crippen molar-refractivity contribution in [2.75, 3.05) is 18.1 Å². The van der Waals surface area contributed by atoms with Crippen LogP contribution >= 0.6 is 27.7 Å². The van der Waals surface area contributed by atoms with Crippen molar-refractivity contribution in [2.45, 2.75) is 30.4 Å². The molecule has 1 aliphatic rings. The number of anilines is 1. The van der Waals surface area contributed by atoms with E-state index in [1.807, 2.05) is 0 Å². The van der Waals surface area contributed by atoms with Crippen LogP contribution in [-0.4, -0.2) is 22.5 Å². The van der Waals surface area contributed by atoms with Crippen LogP contribution < -0.4 is 5.32 Å². The first kappa shape index (κ1) is 15.6. The van der Waals surface area contributed by atoms with Crippen LogP contribution in [0, 0.1) is 15.9 Å². The van der Waals surface area contributed by atoms with E-state index in [4.69, 9.17) is 0 Å². The van der Waals surface area contributed by atoms with Crippen molar-refractivity contribution in [3.8, 4) is 0 Å². The molecule has 110 valence electrons. The molecule has 0 amide bonds. The van der Waals surface area contributed by atoms with Crippen LogP contribution in [0.15, 0.2) is 16.6 Å². The van der Waals surface area contributed by atoms with Crippen LogP contribution in [0.1, 0.15) is 25.7 Å². The minimum atomic E-state index is -0.497. The molecule has 1 aromatic rings. The highest BCUT2D eigenvalue weighted by atomic mass is 79.9. The molecule has 0 unspecified atom stereocenters. The van der Waals surface area contributed by atoms with E-state index in [0.29, 0.717) is 6.54 Å². The van der Waals surface area contributed by atoms with Gasteiger partial charge in [0.25, 0.3) is 5.69 Å². The number of halogens is 2. The van der Waals surface area contributed by atoms with Crippen LogP contribution in [0.5, 0.6) is 0 Å². The second-order valence-electron chi connectivity index (χ2n) is 4.99. The zero-order valence-corrected chi connectivity index (χ0v) is 13.5. The fraction of sp³-hybridized carbons (Fsp3) is 0.538. The lowest BCUT2D eigenvalue weighted by Gasteiger charge is -2.27. The number of thioether (sulfide) groups is 1. The lowest BCUT2D eigenvalue weighted by Crippen LogP contribution is -2.30. The summed E-state index contributed by atoms with van der Waals surface area (Å²) in [6.07, 6.45) is 6.60. The van der Waals surface area contributed by atoms with Crippen molar-refractivity contribution < 1.29 is 9.31 Å². The molecule has 1 fully saturated rings.